The minimum atomic E-state index is 0.943. The number of hydrogen-bond acceptors (Lipinski definition) is 5. The van der Waals surface area contributed by atoms with Crippen LogP contribution in [0.4, 0.5) is 5.13 Å². The van der Waals surface area contributed by atoms with Crippen LogP contribution in [0.25, 0.3) is 0 Å². The molecule has 0 radical (unpaired) electrons. The third kappa shape index (κ3) is 2.28. The first-order valence-electron chi connectivity index (χ1n) is 5.21. The van der Waals surface area contributed by atoms with E-state index in [2.05, 4.69) is 15.0 Å². The molecule has 0 aliphatic carbocycles. The molecule has 15 heavy (non-hydrogen) atoms. The Kier molecular flexibility index (Phi) is 3.20. The largest absolute Gasteiger partial charge is 0.411 e. The highest BCUT2D eigenvalue weighted by molar-refractivity contribution is 7.17. The highest BCUT2D eigenvalue weighted by atomic mass is 32.1. The van der Waals surface area contributed by atoms with E-state index in [0.717, 1.165) is 28.8 Å². The van der Waals surface area contributed by atoms with Gasteiger partial charge in [0.05, 0.1) is 16.8 Å². The zero-order valence-corrected chi connectivity index (χ0v) is 9.63. The highest BCUT2D eigenvalue weighted by Gasteiger charge is 2.15. The van der Waals surface area contributed by atoms with Gasteiger partial charge < -0.3 is 10.1 Å². The molecule has 0 saturated carbocycles. The van der Waals surface area contributed by atoms with Gasteiger partial charge in [0.2, 0.25) is 0 Å². The number of rotatable bonds is 2. The van der Waals surface area contributed by atoms with E-state index in [-0.39, 0.29) is 0 Å². The Hall–Kier alpha value is -1.10. The molecule has 0 amide bonds. The van der Waals surface area contributed by atoms with Crippen LogP contribution in [0.15, 0.2) is 5.16 Å². The fourth-order valence-electron chi connectivity index (χ4n) is 1.79. The predicted octanol–water partition coefficient (Wildman–Crippen LogP) is 2.25. The Morgan fingerprint density at radius 3 is 2.80 bits per heavy atom. The van der Waals surface area contributed by atoms with Crippen molar-refractivity contribution in [2.75, 3.05) is 18.0 Å². The SMILES string of the molecule is Cc1nc(N2CCCCC2)sc1/C=N/O. The van der Waals surface area contributed by atoms with Gasteiger partial charge in [-0.3, -0.25) is 0 Å². The summed E-state index contributed by atoms with van der Waals surface area (Å²) in [5.74, 6) is 0. The second-order valence-corrected chi connectivity index (χ2v) is 4.75. The second kappa shape index (κ2) is 4.61. The Bertz CT molecular complexity index is 356. The molecule has 0 atom stereocenters. The number of aryl methyl sites for hydroxylation is 1. The van der Waals surface area contributed by atoms with Gasteiger partial charge in [-0.1, -0.05) is 16.5 Å². The van der Waals surface area contributed by atoms with Crippen LogP contribution in [0.3, 0.4) is 0 Å². The molecule has 1 aromatic heterocycles. The van der Waals surface area contributed by atoms with Crippen molar-refractivity contribution in [1.82, 2.24) is 4.98 Å². The third-order valence-corrected chi connectivity index (χ3v) is 3.78. The molecule has 0 bridgehead atoms. The Labute approximate surface area is 93.2 Å². The van der Waals surface area contributed by atoms with Gasteiger partial charge >= 0.3 is 0 Å². The average molecular weight is 225 g/mol. The summed E-state index contributed by atoms with van der Waals surface area (Å²) < 4.78 is 0. The van der Waals surface area contributed by atoms with E-state index in [0.29, 0.717) is 0 Å². The van der Waals surface area contributed by atoms with Gasteiger partial charge in [-0.05, 0) is 26.2 Å². The van der Waals surface area contributed by atoms with Crippen molar-refractivity contribution in [2.45, 2.75) is 26.2 Å². The lowest BCUT2D eigenvalue weighted by Crippen LogP contribution is -2.29. The minimum absolute atomic E-state index is 0.943. The number of piperidine rings is 1. The molecule has 1 aliphatic heterocycles. The van der Waals surface area contributed by atoms with Crippen LogP contribution in [-0.2, 0) is 0 Å². The maximum Gasteiger partial charge on any atom is 0.186 e. The maximum absolute atomic E-state index is 8.50. The monoisotopic (exact) mass is 225 g/mol. The standard InChI is InChI=1S/C10H15N3OS/c1-8-9(7-11-14)15-10(12-8)13-5-3-2-4-6-13/h7,14H,2-6H2,1H3/b11-7+. The molecule has 1 N–H and O–H groups in total. The molecule has 1 aliphatic rings. The molecule has 2 heterocycles. The number of hydrogen-bond donors (Lipinski definition) is 1. The summed E-state index contributed by atoms with van der Waals surface area (Å²) in [6.45, 7) is 4.15. The normalized spacial score (nSPS) is 17.5. The Morgan fingerprint density at radius 2 is 2.13 bits per heavy atom. The number of oxime groups is 1. The van der Waals surface area contributed by atoms with Crippen molar-refractivity contribution in [2.24, 2.45) is 5.16 Å². The van der Waals surface area contributed by atoms with Crippen molar-refractivity contribution in [1.29, 1.82) is 0 Å². The van der Waals surface area contributed by atoms with Crippen molar-refractivity contribution in [3.8, 4) is 0 Å². The van der Waals surface area contributed by atoms with Gasteiger partial charge in [0.1, 0.15) is 0 Å². The summed E-state index contributed by atoms with van der Waals surface area (Å²) in [7, 11) is 0. The van der Waals surface area contributed by atoms with Crippen LogP contribution in [0.5, 0.6) is 0 Å². The first-order valence-corrected chi connectivity index (χ1v) is 6.02. The van der Waals surface area contributed by atoms with Crippen LogP contribution in [0.2, 0.25) is 0 Å². The van der Waals surface area contributed by atoms with E-state index in [4.69, 9.17) is 5.21 Å². The van der Waals surface area contributed by atoms with Crippen molar-refractivity contribution in [3.05, 3.63) is 10.6 Å². The smallest absolute Gasteiger partial charge is 0.186 e. The summed E-state index contributed by atoms with van der Waals surface area (Å²) in [6.07, 6.45) is 5.29. The summed E-state index contributed by atoms with van der Waals surface area (Å²) in [5, 5.41) is 12.6. The molecule has 1 aromatic rings. The average Bonchev–Trinajstić information content (AvgIpc) is 2.63. The van der Waals surface area contributed by atoms with E-state index in [9.17, 15) is 0 Å². The first kappa shape index (κ1) is 10.4. The number of nitrogens with zero attached hydrogens (tertiary/aromatic N) is 3. The van der Waals surface area contributed by atoms with E-state index < -0.39 is 0 Å². The van der Waals surface area contributed by atoms with E-state index in [1.54, 1.807) is 11.3 Å². The fraction of sp³-hybridized carbons (Fsp3) is 0.600. The van der Waals surface area contributed by atoms with Gasteiger partial charge in [0, 0.05) is 13.1 Å². The lowest BCUT2D eigenvalue weighted by atomic mass is 10.1. The maximum atomic E-state index is 8.50. The zero-order chi connectivity index (χ0) is 10.7. The number of aromatic nitrogens is 1. The second-order valence-electron chi connectivity index (χ2n) is 3.74. The fourth-order valence-corrected chi connectivity index (χ4v) is 2.77. The lowest BCUT2D eigenvalue weighted by Gasteiger charge is -2.25. The van der Waals surface area contributed by atoms with Crippen molar-refractivity contribution < 1.29 is 5.21 Å². The molecule has 82 valence electrons. The Morgan fingerprint density at radius 1 is 1.40 bits per heavy atom. The summed E-state index contributed by atoms with van der Waals surface area (Å²) in [5.41, 5.74) is 0.943. The van der Waals surface area contributed by atoms with Gasteiger partial charge in [0.25, 0.3) is 0 Å². The van der Waals surface area contributed by atoms with Gasteiger partial charge in [-0.2, -0.15) is 0 Å². The van der Waals surface area contributed by atoms with Gasteiger partial charge in [0.15, 0.2) is 5.13 Å². The highest BCUT2D eigenvalue weighted by Crippen LogP contribution is 2.27. The minimum Gasteiger partial charge on any atom is -0.411 e. The summed E-state index contributed by atoms with van der Waals surface area (Å²) in [6, 6.07) is 0. The molecule has 0 aromatic carbocycles. The third-order valence-electron chi connectivity index (χ3n) is 2.62. The van der Waals surface area contributed by atoms with Crippen LogP contribution in [0, 0.1) is 6.92 Å². The summed E-state index contributed by atoms with van der Waals surface area (Å²) >= 11 is 1.60. The molecule has 0 spiro atoms. The lowest BCUT2D eigenvalue weighted by molar-refractivity contribution is 0.322. The van der Waals surface area contributed by atoms with Crippen molar-refractivity contribution in [3.63, 3.8) is 0 Å². The molecular formula is C10H15N3OS. The van der Waals surface area contributed by atoms with Gasteiger partial charge in [-0.15, -0.1) is 0 Å². The van der Waals surface area contributed by atoms with E-state index in [1.165, 1.54) is 25.5 Å². The molecule has 1 fully saturated rings. The predicted molar refractivity (Wildman–Crippen MR) is 62.3 cm³/mol. The first-order chi connectivity index (χ1) is 7.31. The van der Waals surface area contributed by atoms with E-state index >= 15 is 0 Å². The number of thiazole rings is 1. The van der Waals surface area contributed by atoms with Crippen LogP contribution < -0.4 is 4.90 Å². The number of anilines is 1. The van der Waals surface area contributed by atoms with Crippen LogP contribution in [0.1, 0.15) is 29.8 Å². The molecule has 2 rings (SSSR count). The van der Waals surface area contributed by atoms with E-state index in [1.807, 2.05) is 6.92 Å². The molecule has 4 nitrogen and oxygen atoms in total. The summed E-state index contributed by atoms with van der Waals surface area (Å²) in [4.78, 5) is 7.75. The van der Waals surface area contributed by atoms with Crippen molar-refractivity contribution >= 4 is 22.7 Å². The Balaban J connectivity index is 2.17. The molecule has 1 saturated heterocycles. The van der Waals surface area contributed by atoms with Crippen LogP contribution >= 0.6 is 11.3 Å². The quantitative estimate of drug-likeness (QED) is 0.477. The van der Waals surface area contributed by atoms with Crippen LogP contribution in [-0.4, -0.2) is 29.5 Å². The molecule has 0 unspecified atom stereocenters. The molecule has 5 heteroatoms. The molecular weight excluding hydrogens is 210 g/mol. The topological polar surface area (TPSA) is 48.7 Å². The zero-order valence-electron chi connectivity index (χ0n) is 8.81. The van der Waals surface area contributed by atoms with Gasteiger partial charge in [-0.25, -0.2) is 4.98 Å².